The number of benzene rings is 2. The van der Waals surface area contributed by atoms with Crippen molar-refractivity contribution >= 4 is 17.9 Å². The lowest BCUT2D eigenvalue weighted by atomic mass is 10.0. The van der Waals surface area contributed by atoms with Gasteiger partial charge < -0.3 is 34.1 Å². The van der Waals surface area contributed by atoms with Crippen molar-refractivity contribution in [1.82, 2.24) is 5.32 Å². The summed E-state index contributed by atoms with van der Waals surface area (Å²) in [5.41, 5.74) is 1.80. The second-order valence-electron chi connectivity index (χ2n) is 7.73. The largest absolute Gasteiger partial charge is 0.465 e. The Kier molecular flexibility index (Phi) is 7.75. The molecule has 2 N–H and O–H groups in total. The molecule has 10 heteroatoms. The van der Waals surface area contributed by atoms with Gasteiger partial charge in [0.05, 0.1) is 33.0 Å². The summed E-state index contributed by atoms with van der Waals surface area (Å²) in [5, 5.41) is 13.8. The predicted molar refractivity (Wildman–Crippen MR) is 118 cm³/mol. The standard InChI is InChI=1S/C24H27NO9/c1-14(25-13-18(26)16-6-5-7-17(12-16)21(27)30-2)10-15-8-9-19-20(11-15)34-24(33-19,22(28)31-3)23(29)32-4/h5-9,11-12,14,18,25-26H,10,13H2,1-4H3. The molecule has 0 aromatic heterocycles. The SMILES string of the molecule is COC(=O)c1cccc(C(O)CNC(C)Cc2ccc3c(c2)OC(C(=O)OC)(C(=O)OC)O3)c1. The van der Waals surface area contributed by atoms with Crippen molar-refractivity contribution in [2.24, 2.45) is 0 Å². The fourth-order valence-corrected chi connectivity index (χ4v) is 3.54. The Morgan fingerprint density at radius 3 is 2.29 bits per heavy atom. The normalized spacial score (nSPS) is 15.2. The van der Waals surface area contributed by atoms with Crippen molar-refractivity contribution < 1.29 is 43.2 Å². The van der Waals surface area contributed by atoms with E-state index in [1.807, 2.05) is 6.92 Å². The number of ether oxygens (including phenoxy) is 5. The number of methoxy groups -OCH3 is 3. The van der Waals surface area contributed by atoms with Gasteiger partial charge in [-0.2, -0.15) is 0 Å². The van der Waals surface area contributed by atoms with Crippen LogP contribution in [0.4, 0.5) is 0 Å². The highest BCUT2D eigenvalue weighted by Gasteiger charge is 2.59. The number of hydrogen-bond acceptors (Lipinski definition) is 10. The van der Waals surface area contributed by atoms with E-state index in [1.54, 1.807) is 42.5 Å². The minimum atomic E-state index is -2.34. The van der Waals surface area contributed by atoms with Gasteiger partial charge in [0.2, 0.25) is 0 Å². The molecule has 0 saturated carbocycles. The number of carbonyl (C=O) groups is 3. The molecule has 2 aromatic rings. The molecule has 0 aliphatic carbocycles. The van der Waals surface area contributed by atoms with Gasteiger partial charge in [-0.05, 0) is 48.7 Å². The number of hydrogen-bond donors (Lipinski definition) is 2. The van der Waals surface area contributed by atoms with Gasteiger partial charge in [-0.25, -0.2) is 14.4 Å². The first kappa shape index (κ1) is 25.0. The highest BCUT2D eigenvalue weighted by molar-refractivity contribution is 6.03. The minimum absolute atomic E-state index is 0.0511. The minimum Gasteiger partial charge on any atom is -0.465 e. The van der Waals surface area contributed by atoms with Crippen LogP contribution in [0.15, 0.2) is 42.5 Å². The van der Waals surface area contributed by atoms with Crippen LogP contribution < -0.4 is 14.8 Å². The Morgan fingerprint density at radius 1 is 0.971 bits per heavy atom. The van der Waals surface area contributed by atoms with E-state index in [4.69, 9.17) is 14.2 Å². The van der Waals surface area contributed by atoms with Crippen LogP contribution in [0.1, 0.15) is 34.5 Å². The summed E-state index contributed by atoms with van der Waals surface area (Å²) < 4.78 is 25.0. The molecule has 1 aliphatic heterocycles. The number of aliphatic hydroxyl groups excluding tert-OH is 1. The number of esters is 3. The molecule has 0 saturated heterocycles. The van der Waals surface area contributed by atoms with Crippen molar-refractivity contribution in [2.75, 3.05) is 27.9 Å². The molecule has 1 aliphatic rings. The van der Waals surface area contributed by atoms with Crippen molar-refractivity contribution in [3.63, 3.8) is 0 Å². The van der Waals surface area contributed by atoms with E-state index >= 15 is 0 Å². The fraction of sp³-hybridized carbons (Fsp3) is 0.375. The Morgan fingerprint density at radius 2 is 1.65 bits per heavy atom. The Bertz CT molecular complexity index is 1050. The Labute approximate surface area is 196 Å². The zero-order valence-electron chi connectivity index (χ0n) is 19.3. The molecule has 182 valence electrons. The first-order valence-corrected chi connectivity index (χ1v) is 10.5. The molecule has 2 unspecified atom stereocenters. The van der Waals surface area contributed by atoms with Gasteiger partial charge in [0.25, 0.3) is 0 Å². The maximum Gasteiger partial charge on any atom is 0.453 e. The fourth-order valence-electron chi connectivity index (χ4n) is 3.54. The molecule has 10 nitrogen and oxygen atoms in total. The van der Waals surface area contributed by atoms with E-state index in [-0.39, 0.29) is 24.1 Å². The number of fused-ring (bicyclic) bond motifs is 1. The lowest BCUT2D eigenvalue weighted by Gasteiger charge is -2.21. The third-order valence-corrected chi connectivity index (χ3v) is 5.32. The van der Waals surface area contributed by atoms with Crippen LogP contribution >= 0.6 is 0 Å². The Balaban J connectivity index is 1.62. The van der Waals surface area contributed by atoms with Gasteiger partial charge in [0.15, 0.2) is 11.5 Å². The van der Waals surface area contributed by atoms with E-state index < -0.39 is 29.8 Å². The Hall–Kier alpha value is -3.63. The summed E-state index contributed by atoms with van der Waals surface area (Å²) in [4.78, 5) is 36.1. The summed E-state index contributed by atoms with van der Waals surface area (Å²) in [6, 6.07) is 11.6. The highest BCUT2D eigenvalue weighted by Crippen LogP contribution is 2.41. The van der Waals surface area contributed by atoms with E-state index in [0.717, 1.165) is 19.8 Å². The summed E-state index contributed by atoms with van der Waals surface area (Å²) in [5.74, 6) is -4.45. The van der Waals surface area contributed by atoms with Gasteiger partial charge in [0.1, 0.15) is 0 Å². The van der Waals surface area contributed by atoms with Crippen LogP contribution in [0, 0.1) is 0 Å². The summed E-state index contributed by atoms with van der Waals surface area (Å²) in [6.45, 7) is 2.19. The molecule has 2 aromatic carbocycles. The van der Waals surface area contributed by atoms with Crippen molar-refractivity contribution in [2.45, 2.75) is 31.3 Å². The predicted octanol–water partition coefficient (Wildman–Crippen LogP) is 1.54. The topological polar surface area (TPSA) is 130 Å². The van der Waals surface area contributed by atoms with Crippen LogP contribution in [0.5, 0.6) is 11.5 Å². The molecule has 0 spiro atoms. The lowest BCUT2D eigenvalue weighted by molar-refractivity contribution is -0.199. The van der Waals surface area contributed by atoms with Crippen LogP contribution in [0.25, 0.3) is 0 Å². The first-order chi connectivity index (χ1) is 16.2. The van der Waals surface area contributed by atoms with Gasteiger partial charge in [0, 0.05) is 12.6 Å². The average Bonchev–Trinajstić information content (AvgIpc) is 3.25. The third kappa shape index (κ3) is 5.13. The van der Waals surface area contributed by atoms with Gasteiger partial charge in [-0.1, -0.05) is 18.2 Å². The van der Waals surface area contributed by atoms with E-state index in [0.29, 0.717) is 17.5 Å². The molecular weight excluding hydrogens is 446 g/mol. The summed E-state index contributed by atoms with van der Waals surface area (Å²) in [7, 11) is 3.53. The van der Waals surface area contributed by atoms with E-state index in [2.05, 4.69) is 14.8 Å². The smallest absolute Gasteiger partial charge is 0.453 e. The molecule has 0 radical (unpaired) electrons. The quantitative estimate of drug-likeness (QED) is 0.314. The number of aliphatic hydroxyl groups is 1. The first-order valence-electron chi connectivity index (χ1n) is 10.5. The molecule has 0 fully saturated rings. The second kappa shape index (κ2) is 10.5. The summed E-state index contributed by atoms with van der Waals surface area (Å²) in [6.07, 6.45) is -0.279. The number of nitrogens with one attached hydrogen (secondary N) is 1. The number of carbonyl (C=O) groups excluding carboxylic acids is 3. The van der Waals surface area contributed by atoms with Gasteiger partial charge >= 0.3 is 23.7 Å². The van der Waals surface area contributed by atoms with Gasteiger partial charge in [-0.3, -0.25) is 0 Å². The maximum absolute atomic E-state index is 12.2. The molecule has 0 amide bonds. The molecular formula is C24H27NO9. The molecule has 1 heterocycles. The average molecular weight is 473 g/mol. The van der Waals surface area contributed by atoms with E-state index in [1.165, 1.54) is 7.11 Å². The third-order valence-electron chi connectivity index (χ3n) is 5.32. The number of rotatable bonds is 9. The second-order valence-corrected chi connectivity index (χ2v) is 7.73. The maximum atomic E-state index is 12.2. The lowest BCUT2D eigenvalue weighted by Crippen LogP contribution is -2.55. The highest BCUT2D eigenvalue weighted by atomic mass is 16.8. The van der Waals surface area contributed by atoms with Gasteiger partial charge in [-0.15, -0.1) is 0 Å². The molecule has 2 atom stereocenters. The van der Waals surface area contributed by atoms with Crippen molar-refractivity contribution in [1.29, 1.82) is 0 Å². The molecule has 0 bridgehead atoms. The van der Waals surface area contributed by atoms with Crippen LogP contribution in [-0.2, 0) is 30.2 Å². The van der Waals surface area contributed by atoms with Crippen molar-refractivity contribution in [3.8, 4) is 11.5 Å². The molecule has 34 heavy (non-hydrogen) atoms. The van der Waals surface area contributed by atoms with Crippen molar-refractivity contribution in [3.05, 3.63) is 59.2 Å². The summed E-state index contributed by atoms with van der Waals surface area (Å²) >= 11 is 0. The van der Waals surface area contributed by atoms with Crippen LogP contribution in [0.2, 0.25) is 0 Å². The zero-order chi connectivity index (χ0) is 24.9. The van der Waals surface area contributed by atoms with E-state index in [9.17, 15) is 19.5 Å². The molecule has 3 rings (SSSR count). The zero-order valence-corrected chi connectivity index (χ0v) is 19.3. The van der Waals surface area contributed by atoms with Crippen LogP contribution in [0.3, 0.4) is 0 Å². The monoisotopic (exact) mass is 473 g/mol. The van der Waals surface area contributed by atoms with Crippen LogP contribution in [-0.4, -0.2) is 62.7 Å².